The first-order valence-electron chi connectivity index (χ1n) is 9.22. The van der Waals surface area contributed by atoms with Crippen LogP contribution < -0.4 is 4.90 Å². The third-order valence-electron chi connectivity index (χ3n) is 5.11. The summed E-state index contributed by atoms with van der Waals surface area (Å²) in [4.78, 5) is 18.0. The molecule has 0 atom stereocenters. The Kier molecular flexibility index (Phi) is 4.92. The molecule has 4 nitrogen and oxygen atoms in total. The van der Waals surface area contributed by atoms with Crippen LogP contribution in [0.5, 0.6) is 0 Å². The molecule has 0 saturated carbocycles. The minimum absolute atomic E-state index is 0.00440. The average molecular weight is 362 g/mol. The molecule has 140 valence electrons. The number of aromatic carboxylic acids is 1. The molecule has 2 aromatic carbocycles. The normalized spacial score (nSPS) is 15.6. The Morgan fingerprint density at radius 1 is 1.19 bits per heavy atom. The second-order valence-electron chi connectivity index (χ2n) is 7.57. The van der Waals surface area contributed by atoms with Crippen molar-refractivity contribution in [2.24, 2.45) is 4.99 Å². The molecule has 1 heterocycles. The van der Waals surface area contributed by atoms with Gasteiger partial charge in [-0.05, 0) is 81.7 Å². The summed E-state index contributed by atoms with van der Waals surface area (Å²) in [7, 11) is 0. The number of hydrogen-bond acceptors (Lipinski definition) is 3. The molecule has 0 unspecified atom stereocenters. The number of likely N-dealkylation sites (N-methyl/N-ethyl adjacent to an activating group) is 1. The number of fused-ring (bicyclic) bond motifs is 1. The van der Waals surface area contributed by atoms with E-state index in [0.717, 1.165) is 23.4 Å². The zero-order valence-electron chi connectivity index (χ0n) is 16.6. The van der Waals surface area contributed by atoms with Gasteiger partial charge in [-0.25, -0.2) is 4.79 Å². The maximum Gasteiger partial charge on any atom is 0.335 e. The molecule has 0 bridgehead atoms. The van der Waals surface area contributed by atoms with Gasteiger partial charge in [0.1, 0.15) is 0 Å². The molecule has 27 heavy (non-hydrogen) atoms. The summed E-state index contributed by atoms with van der Waals surface area (Å²) in [5.74, 6) is -0.922. The summed E-state index contributed by atoms with van der Waals surface area (Å²) in [6.45, 7) is 11.6. The van der Waals surface area contributed by atoms with Crippen molar-refractivity contribution >= 4 is 29.1 Å². The Morgan fingerprint density at radius 3 is 2.56 bits per heavy atom. The molecule has 0 amide bonds. The molecular formula is C23H26N2O2. The maximum atomic E-state index is 11.1. The molecule has 2 aromatic rings. The number of allylic oxidation sites excluding steroid dienone is 1. The number of carbonyl (C=O) groups is 1. The highest BCUT2D eigenvalue weighted by atomic mass is 16.4. The number of rotatable bonds is 4. The number of carboxylic acids is 1. The first-order valence-corrected chi connectivity index (χ1v) is 9.22. The molecule has 1 aliphatic heterocycles. The lowest BCUT2D eigenvalue weighted by Crippen LogP contribution is -2.44. The lowest BCUT2D eigenvalue weighted by molar-refractivity contribution is 0.0697. The highest BCUT2D eigenvalue weighted by Gasteiger charge is 2.29. The van der Waals surface area contributed by atoms with Gasteiger partial charge in [-0.1, -0.05) is 12.1 Å². The Hall–Kier alpha value is -2.88. The third kappa shape index (κ3) is 3.65. The van der Waals surface area contributed by atoms with Gasteiger partial charge in [-0.15, -0.1) is 0 Å². The molecule has 1 N–H and O–H groups in total. The van der Waals surface area contributed by atoms with E-state index in [0.29, 0.717) is 0 Å². The summed E-state index contributed by atoms with van der Waals surface area (Å²) < 4.78 is 0. The summed E-state index contributed by atoms with van der Waals surface area (Å²) in [6, 6.07) is 11.4. The topological polar surface area (TPSA) is 52.9 Å². The lowest BCUT2D eigenvalue weighted by atomic mass is 9.88. The predicted molar refractivity (Wildman–Crippen MR) is 113 cm³/mol. The van der Waals surface area contributed by atoms with Crippen molar-refractivity contribution in [2.75, 3.05) is 11.4 Å². The van der Waals surface area contributed by atoms with E-state index in [4.69, 9.17) is 5.11 Å². The Bertz CT molecular complexity index is 955. The van der Waals surface area contributed by atoms with E-state index in [1.54, 1.807) is 18.2 Å². The van der Waals surface area contributed by atoms with Crippen molar-refractivity contribution in [1.29, 1.82) is 0 Å². The molecule has 1 aliphatic rings. The molecule has 0 spiro atoms. The van der Waals surface area contributed by atoms with Gasteiger partial charge in [0.2, 0.25) is 0 Å². The molecule has 0 saturated heterocycles. The van der Waals surface area contributed by atoms with Crippen molar-refractivity contribution in [3.05, 3.63) is 64.7 Å². The highest BCUT2D eigenvalue weighted by molar-refractivity contribution is 5.90. The molecule has 3 rings (SSSR count). The fourth-order valence-corrected chi connectivity index (χ4v) is 3.84. The minimum atomic E-state index is -0.922. The van der Waals surface area contributed by atoms with Gasteiger partial charge in [0.25, 0.3) is 0 Å². The smallest absolute Gasteiger partial charge is 0.335 e. The van der Waals surface area contributed by atoms with Gasteiger partial charge in [-0.2, -0.15) is 0 Å². The highest BCUT2D eigenvalue weighted by Crippen LogP contribution is 2.38. The number of hydrogen-bond donors (Lipinski definition) is 1. The number of aliphatic imine (C=N–C) groups is 1. The van der Waals surface area contributed by atoms with Crippen LogP contribution in [-0.4, -0.2) is 29.4 Å². The number of aryl methyl sites for hydroxylation is 1. The van der Waals surface area contributed by atoms with Crippen molar-refractivity contribution in [1.82, 2.24) is 0 Å². The van der Waals surface area contributed by atoms with E-state index in [1.807, 2.05) is 13.1 Å². The van der Waals surface area contributed by atoms with E-state index in [9.17, 15) is 4.79 Å². The van der Waals surface area contributed by atoms with Crippen LogP contribution in [0.3, 0.4) is 0 Å². The monoisotopic (exact) mass is 362 g/mol. The standard InChI is InChI=1S/C23H26N2O2/c1-6-25-21-10-7-17(12-19(21)16(3)13-23(25,4)5)14-24-20-9-8-18(22(26)27)11-15(20)2/h7-14H,6H2,1-5H3,(H,26,27). The second-order valence-corrected chi connectivity index (χ2v) is 7.57. The van der Waals surface area contributed by atoms with Crippen LogP contribution in [0.25, 0.3) is 5.57 Å². The van der Waals surface area contributed by atoms with Crippen LogP contribution in [-0.2, 0) is 0 Å². The van der Waals surface area contributed by atoms with Crippen molar-refractivity contribution in [3.8, 4) is 0 Å². The number of nitrogens with zero attached hydrogens (tertiary/aromatic N) is 2. The van der Waals surface area contributed by atoms with Gasteiger partial charge in [-0.3, -0.25) is 4.99 Å². The van der Waals surface area contributed by atoms with Crippen molar-refractivity contribution < 1.29 is 9.90 Å². The average Bonchev–Trinajstić information content (AvgIpc) is 2.60. The summed E-state index contributed by atoms with van der Waals surface area (Å²) >= 11 is 0. The van der Waals surface area contributed by atoms with Gasteiger partial charge < -0.3 is 10.0 Å². The summed E-state index contributed by atoms with van der Waals surface area (Å²) in [5, 5.41) is 9.08. The van der Waals surface area contributed by atoms with Crippen LogP contribution >= 0.6 is 0 Å². The quantitative estimate of drug-likeness (QED) is 0.734. The lowest BCUT2D eigenvalue weighted by Gasteiger charge is -2.42. The van der Waals surface area contributed by atoms with Gasteiger partial charge in [0.05, 0.1) is 16.8 Å². The second kappa shape index (κ2) is 7.03. The van der Waals surface area contributed by atoms with Crippen LogP contribution in [0.1, 0.15) is 54.7 Å². The first-order chi connectivity index (χ1) is 12.7. The zero-order valence-corrected chi connectivity index (χ0v) is 16.6. The largest absolute Gasteiger partial charge is 0.478 e. The van der Waals surface area contributed by atoms with Crippen molar-refractivity contribution in [2.45, 2.75) is 40.2 Å². The first kappa shape index (κ1) is 18.9. The van der Waals surface area contributed by atoms with E-state index < -0.39 is 5.97 Å². The van der Waals surface area contributed by atoms with Gasteiger partial charge in [0.15, 0.2) is 0 Å². The van der Waals surface area contributed by atoms with E-state index in [-0.39, 0.29) is 11.1 Å². The summed E-state index contributed by atoms with van der Waals surface area (Å²) in [5.41, 5.74) is 6.70. The Labute approximate surface area is 160 Å². The minimum Gasteiger partial charge on any atom is -0.478 e. The molecular weight excluding hydrogens is 336 g/mol. The fourth-order valence-electron chi connectivity index (χ4n) is 3.84. The van der Waals surface area contributed by atoms with E-state index >= 15 is 0 Å². The number of benzene rings is 2. The molecule has 4 heteroatoms. The van der Waals surface area contributed by atoms with E-state index in [1.165, 1.54) is 16.8 Å². The van der Waals surface area contributed by atoms with Gasteiger partial charge in [0, 0.05) is 24.0 Å². The molecule has 0 aromatic heterocycles. The van der Waals surface area contributed by atoms with Gasteiger partial charge >= 0.3 is 5.97 Å². The van der Waals surface area contributed by atoms with Crippen LogP contribution in [0.2, 0.25) is 0 Å². The van der Waals surface area contributed by atoms with E-state index in [2.05, 4.69) is 61.9 Å². The number of anilines is 1. The molecule has 0 aliphatic carbocycles. The zero-order chi connectivity index (χ0) is 19.8. The summed E-state index contributed by atoms with van der Waals surface area (Å²) in [6.07, 6.45) is 4.15. The third-order valence-corrected chi connectivity index (χ3v) is 5.11. The van der Waals surface area contributed by atoms with Crippen LogP contribution in [0, 0.1) is 6.92 Å². The Balaban J connectivity index is 1.93. The predicted octanol–water partition coefficient (Wildman–Crippen LogP) is 5.47. The SMILES string of the molecule is CCN1c2ccc(C=Nc3ccc(C(=O)O)cc3C)cc2C(C)=CC1(C)C. The fraction of sp³-hybridized carbons (Fsp3) is 0.304. The maximum absolute atomic E-state index is 11.1. The Morgan fingerprint density at radius 2 is 1.93 bits per heavy atom. The van der Waals surface area contributed by atoms with Crippen LogP contribution in [0.4, 0.5) is 11.4 Å². The molecule has 0 radical (unpaired) electrons. The van der Waals surface area contributed by atoms with Crippen LogP contribution in [0.15, 0.2) is 47.5 Å². The van der Waals surface area contributed by atoms with Crippen molar-refractivity contribution in [3.63, 3.8) is 0 Å². The molecule has 0 fully saturated rings. The number of carboxylic acid groups (broad SMARTS) is 1.